The summed E-state index contributed by atoms with van der Waals surface area (Å²) in [4.78, 5) is 0. The first kappa shape index (κ1) is 24.1. The van der Waals surface area contributed by atoms with Gasteiger partial charge in [0.15, 0.2) is 0 Å². The second-order valence-corrected chi connectivity index (χ2v) is 11.7. The smallest absolute Gasteiger partial charge is 0.284 e. The molecule has 176 valence electrons. The van der Waals surface area contributed by atoms with E-state index < -0.39 is 35.6 Å². The maximum atomic E-state index is 13.2. The van der Waals surface area contributed by atoms with Gasteiger partial charge in [-0.3, -0.25) is 9.11 Å². The van der Waals surface area contributed by atoms with Crippen LogP contribution in [0, 0.1) is 5.92 Å². The molecule has 1 unspecified atom stereocenters. The molecule has 3 aromatic carbocycles. The van der Waals surface area contributed by atoms with Crippen LogP contribution in [0.2, 0.25) is 0 Å². The first-order valence-electron chi connectivity index (χ1n) is 10.5. The Morgan fingerprint density at radius 2 is 1.15 bits per heavy atom. The van der Waals surface area contributed by atoms with Gasteiger partial charge in [0.2, 0.25) is 0 Å². The third-order valence-electron chi connectivity index (χ3n) is 6.61. The van der Waals surface area contributed by atoms with Crippen molar-refractivity contribution in [3.05, 3.63) is 126 Å². The SMILES string of the molecule is C=CC1C(c2ccccc2)(c2ccccc2)CC=C(c2ccccc2)C1(S(=O)(=O)O)S(=O)(=O)O. The van der Waals surface area contributed by atoms with Crippen molar-refractivity contribution in [2.24, 2.45) is 5.92 Å². The average molecular weight is 497 g/mol. The fourth-order valence-corrected chi connectivity index (χ4v) is 8.54. The molecule has 8 heteroatoms. The van der Waals surface area contributed by atoms with E-state index in [-0.39, 0.29) is 17.6 Å². The molecule has 0 aliphatic heterocycles. The first-order chi connectivity index (χ1) is 16.1. The van der Waals surface area contributed by atoms with Crippen LogP contribution in [0.4, 0.5) is 0 Å². The second kappa shape index (κ2) is 8.63. The highest BCUT2D eigenvalue weighted by Crippen LogP contribution is 2.59. The van der Waals surface area contributed by atoms with E-state index in [1.54, 1.807) is 78.9 Å². The van der Waals surface area contributed by atoms with Gasteiger partial charge in [-0.05, 0) is 28.7 Å². The molecule has 6 nitrogen and oxygen atoms in total. The van der Waals surface area contributed by atoms with Crippen LogP contribution < -0.4 is 0 Å². The lowest BCUT2D eigenvalue weighted by atomic mass is 9.59. The molecule has 1 atom stereocenters. The number of hydrogen-bond acceptors (Lipinski definition) is 4. The van der Waals surface area contributed by atoms with Gasteiger partial charge < -0.3 is 0 Å². The normalized spacial score (nSPS) is 19.7. The van der Waals surface area contributed by atoms with Crippen molar-refractivity contribution in [1.82, 2.24) is 0 Å². The summed E-state index contributed by atoms with van der Waals surface area (Å²) >= 11 is 0. The quantitative estimate of drug-likeness (QED) is 0.377. The zero-order valence-electron chi connectivity index (χ0n) is 18.2. The molecular formula is C26H24O6S2. The third-order valence-corrected chi connectivity index (χ3v) is 10.4. The van der Waals surface area contributed by atoms with Gasteiger partial charge in [0.25, 0.3) is 24.3 Å². The van der Waals surface area contributed by atoms with Crippen LogP contribution in [0.15, 0.2) is 110 Å². The van der Waals surface area contributed by atoms with Crippen LogP contribution in [0.1, 0.15) is 23.1 Å². The van der Waals surface area contributed by atoms with Crippen LogP contribution in [0.5, 0.6) is 0 Å². The molecule has 0 aromatic heterocycles. The van der Waals surface area contributed by atoms with Gasteiger partial charge in [-0.2, -0.15) is 16.8 Å². The third kappa shape index (κ3) is 3.45. The Hall–Kier alpha value is -3.04. The summed E-state index contributed by atoms with van der Waals surface area (Å²) < 4.78 is 70.9. The van der Waals surface area contributed by atoms with Gasteiger partial charge in [-0.25, -0.2) is 0 Å². The lowest BCUT2D eigenvalue weighted by Crippen LogP contribution is -2.60. The molecule has 0 spiro atoms. The predicted molar refractivity (Wildman–Crippen MR) is 132 cm³/mol. The van der Waals surface area contributed by atoms with E-state index in [9.17, 15) is 25.9 Å². The molecule has 1 aliphatic rings. The highest BCUT2D eigenvalue weighted by atomic mass is 32.3. The fourth-order valence-electron chi connectivity index (χ4n) is 5.28. The molecular weight excluding hydrogens is 472 g/mol. The summed E-state index contributed by atoms with van der Waals surface area (Å²) in [7, 11) is -10.9. The Balaban J connectivity index is 2.23. The Morgan fingerprint density at radius 1 is 0.735 bits per heavy atom. The zero-order valence-corrected chi connectivity index (χ0v) is 19.8. The summed E-state index contributed by atoms with van der Waals surface area (Å²) in [6, 6.07) is 25.7. The van der Waals surface area contributed by atoms with E-state index in [0.29, 0.717) is 11.1 Å². The van der Waals surface area contributed by atoms with Crippen molar-refractivity contribution in [2.75, 3.05) is 0 Å². The number of hydrogen-bond donors (Lipinski definition) is 2. The van der Waals surface area contributed by atoms with Crippen molar-refractivity contribution in [1.29, 1.82) is 0 Å². The van der Waals surface area contributed by atoms with Crippen molar-refractivity contribution < 1.29 is 25.9 Å². The number of benzene rings is 3. The Kier molecular flexibility index (Phi) is 6.12. The molecule has 34 heavy (non-hydrogen) atoms. The van der Waals surface area contributed by atoms with Crippen LogP contribution in [0.3, 0.4) is 0 Å². The number of rotatable bonds is 6. The molecule has 2 N–H and O–H groups in total. The fraction of sp³-hybridized carbons (Fsp3) is 0.154. The van der Waals surface area contributed by atoms with Crippen molar-refractivity contribution in [3.63, 3.8) is 0 Å². The minimum absolute atomic E-state index is 0.189. The van der Waals surface area contributed by atoms with Crippen molar-refractivity contribution >= 4 is 25.8 Å². The van der Waals surface area contributed by atoms with Crippen LogP contribution >= 0.6 is 0 Å². The van der Waals surface area contributed by atoms with Crippen LogP contribution in [-0.4, -0.2) is 30.0 Å². The van der Waals surface area contributed by atoms with E-state index in [4.69, 9.17) is 0 Å². The lowest BCUT2D eigenvalue weighted by molar-refractivity contribution is 0.324. The van der Waals surface area contributed by atoms with E-state index in [0.717, 1.165) is 0 Å². The van der Waals surface area contributed by atoms with E-state index in [2.05, 4.69) is 6.58 Å². The lowest BCUT2D eigenvalue weighted by Gasteiger charge is -2.51. The monoisotopic (exact) mass is 496 g/mol. The molecule has 0 amide bonds. The van der Waals surface area contributed by atoms with Gasteiger partial charge in [0, 0.05) is 11.3 Å². The summed E-state index contributed by atoms with van der Waals surface area (Å²) in [5.74, 6) is -1.49. The minimum atomic E-state index is -5.47. The maximum absolute atomic E-state index is 13.2. The van der Waals surface area contributed by atoms with Gasteiger partial charge in [0.1, 0.15) is 0 Å². The molecule has 0 fully saturated rings. The Morgan fingerprint density at radius 3 is 1.53 bits per heavy atom. The molecule has 0 bridgehead atoms. The topological polar surface area (TPSA) is 109 Å². The van der Waals surface area contributed by atoms with Crippen molar-refractivity contribution in [2.45, 2.75) is 15.9 Å². The van der Waals surface area contributed by atoms with Gasteiger partial charge >= 0.3 is 0 Å². The molecule has 4 rings (SSSR count). The largest absolute Gasteiger partial charge is 0.292 e. The zero-order chi connectivity index (χ0) is 24.6. The summed E-state index contributed by atoms with van der Waals surface area (Å²) in [6.45, 7) is 3.80. The summed E-state index contributed by atoms with van der Waals surface area (Å²) in [5, 5.41) is 0. The van der Waals surface area contributed by atoms with Crippen LogP contribution in [0.25, 0.3) is 5.57 Å². The minimum Gasteiger partial charge on any atom is -0.284 e. The second-order valence-electron chi connectivity index (χ2n) is 8.22. The Bertz CT molecular complexity index is 1360. The standard InChI is InChI=1S/C26H24O6S2/c1-2-24-25(21-14-8-4-9-15-21,22-16-10-5-11-17-22)19-18-23(20-12-6-3-7-13-20)26(24,33(27,28)29)34(30,31)32/h2-18,24H,1,19H2,(H,27,28,29)(H,30,31,32). The highest BCUT2D eigenvalue weighted by Gasteiger charge is 2.69. The van der Waals surface area contributed by atoms with E-state index in [1.807, 2.05) is 0 Å². The predicted octanol–water partition coefficient (Wildman–Crippen LogP) is 4.73. The molecule has 0 saturated carbocycles. The molecule has 3 aromatic rings. The molecule has 0 heterocycles. The molecule has 1 aliphatic carbocycles. The van der Waals surface area contributed by atoms with Crippen LogP contribution in [-0.2, 0) is 25.7 Å². The van der Waals surface area contributed by atoms with Crippen molar-refractivity contribution in [3.8, 4) is 0 Å². The van der Waals surface area contributed by atoms with Gasteiger partial charge in [-0.15, -0.1) is 6.58 Å². The highest BCUT2D eigenvalue weighted by molar-refractivity contribution is 8.06. The molecule has 0 radical (unpaired) electrons. The first-order valence-corrected chi connectivity index (χ1v) is 13.4. The molecule has 0 saturated heterocycles. The van der Waals surface area contributed by atoms with E-state index in [1.165, 1.54) is 24.3 Å². The maximum Gasteiger partial charge on any atom is 0.292 e. The van der Waals surface area contributed by atoms with E-state index >= 15 is 0 Å². The summed E-state index contributed by atoms with van der Waals surface area (Å²) in [5.41, 5.74) is -0.0178. The number of allylic oxidation sites excluding steroid dienone is 2. The summed E-state index contributed by atoms with van der Waals surface area (Å²) in [6.07, 6.45) is 2.88. The average Bonchev–Trinajstić information content (AvgIpc) is 2.83. The van der Waals surface area contributed by atoms with Gasteiger partial charge in [0.05, 0.1) is 0 Å². The Labute approximate surface area is 199 Å². The van der Waals surface area contributed by atoms with Gasteiger partial charge in [-0.1, -0.05) is 103 Å².